The number of hydrogen-bond acceptors (Lipinski definition) is 3. The minimum Gasteiger partial charge on any atom is -0.345 e. The molecule has 0 bridgehead atoms. The summed E-state index contributed by atoms with van der Waals surface area (Å²) in [6.07, 6.45) is 5.66. The van der Waals surface area contributed by atoms with Crippen LogP contribution in [-0.2, 0) is 19.4 Å². The maximum atomic E-state index is 4.75. The molecule has 164 valence electrons. The highest BCUT2D eigenvalue weighted by atomic mass is 15.0. The van der Waals surface area contributed by atoms with Crippen molar-refractivity contribution in [2.45, 2.75) is 46.2 Å². The van der Waals surface area contributed by atoms with E-state index in [1.54, 1.807) is 0 Å². The Hall–Kier alpha value is -3.24. The quantitative estimate of drug-likeness (QED) is 0.357. The summed E-state index contributed by atoms with van der Waals surface area (Å²) in [4.78, 5) is 12.8. The molecule has 0 amide bonds. The Labute approximate surface area is 191 Å². The number of aromatic amines is 1. The molecule has 4 heteroatoms. The Kier molecular flexibility index (Phi) is 6.81. The van der Waals surface area contributed by atoms with E-state index < -0.39 is 0 Å². The van der Waals surface area contributed by atoms with E-state index in [0.29, 0.717) is 0 Å². The lowest BCUT2D eigenvalue weighted by Gasteiger charge is -2.18. The van der Waals surface area contributed by atoms with Crippen LogP contribution in [0.5, 0.6) is 0 Å². The molecule has 2 aromatic carbocycles. The second-order valence-corrected chi connectivity index (χ2v) is 9.57. The van der Waals surface area contributed by atoms with E-state index in [2.05, 4.69) is 90.7 Å². The van der Waals surface area contributed by atoms with Crippen LogP contribution in [0.3, 0.4) is 0 Å². The van der Waals surface area contributed by atoms with Crippen LogP contribution in [0.2, 0.25) is 0 Å². The van der Waals surface area contributed by atoms with Crippen LogP contribution >= 0.6 is 0 Å². The van der Waals surface area contributed by atoms with Crippen molar-refractivity contribution in [2.75, 3.05) is 0 Å². The number of aromatic nitrogens is 3. The van der Waals surface area contributed by atoms with Gasteiger partial charge in [-0.25, -0.2) is 4.98 Å². The van der Waals surface area contributed by atoms with Crippen molar-refractivity contribution in [1.29, 1.82) is 0 Å². The zero-order valence-electron chi connectivity index (χ0n) is 19.2. The first kappa shape index (κ1) is 22.0. The predicted molar refractivity (Wildman–Crippen MR) is 131 cm³/mol. The summed E-state index contributed by atoms with van der Waals surface area (Å²) in [7, 11) is 0. The zero-order valence-corrected chi connectivity index (χ0v) is 19.2. The monoisotopic (exact) mass is 424 g/mol. The van der Waals surface area contributed by atoms with Gasteiger partial charge in [0.2, 0.25) is 0 Å². The topological polar surface area (TPSA) is 53.6 Å². The molecule has 4 aromatic rings. The van der Waals surface area contributed by atoms with E-state index in [0.717, 1.165) is 36.5 Å². The smallest absolute Gasteiger partial charge is 0.123 e. The van der Waals surface area contributed by atoms with Crippen molar-refractivity contribution in [2.24, 2.45) is 5.41 Å². The molecular formula is C28H32N4. The Balaban J connectivity index is 1.52. The normalized spacial score (nSPS) is 12.6. The molecule has 2 heterocycles. The predicted octanol–water partition coefficient (Wildman–Crippen LogP) is 6.13. The van der Waals surface area contributed by atoms with Crippen LogP contribution in [0.1, 0.15) is 49.5 Å². The Morgan fingerprint density at radius 2 is 1.59 bits per heavy atom. The molecule has 4 nitrogen and oxygen atoms in total. The average molecular weight is 425 g/mol. The molecule has 0 spiro atoms. The summed E-state index contributed by atoms with van der Waals surface area (Å²) in [5, 5.41) is 3.72. The summed E-state index contributed by atoms with van der Waals surface area (Å²) < 4.78 is 0. The van der Waals surface area contributed by atoms with Gasteiger partial charge in [0.05, 0.1) is 11.7 Å². The summed E-state index contributed by atoms with van der Waals surface area (Å²) in [5.74, 6) is 0.994. The molecule has 2 aromatic heterocycles. The van der Waals surface area contributed by atoms with E-state index in [1.807, 2.05) is 30.6 Å². The maximum Gasteiger partial charge on any atom is 0.123 e. The van der Waals surface area contributed by atoms with Crippen LogP contribution in [0.25, 0.3) is 11.3 Å². The summed E-state index contributed by atoms with van der Waals surface area (Å²) in [6.45, 7) is 7.55. The molecule has 0 aliphatic carbocycles. The average Bonchev–Trinajstić information content (AvgIpc) is 3.25. The summed E-state index contributed by atoms with van der Waals surface area (Å²) in [5.41, 5.74) is 6.07. The van der Waals surface area contributed by atoms with Crippen LogP contribution in [0.15, 0.2) is 85.2 Å². The second-order valence-electron chi connectivity index (χ2n) is 9.57. The molecule has 0 saturated heterocycles. The molecule has 1 atom stereocenters. The van der Waals surface area contributed by atoms with Gasteiger partial charge in [0, 0.05) is 30.2 Å². The highest BCUT2D eigenvalue weighted by Crippen LogP contribution is 2.23. The van der Waals surface area contributed by atoms with E-state index in [9.17, 15) is 0 Å². The Morgan fingerprint density at radius 3 is 2.28 bits per heavy atom. The van der Waals surface area contributed by atoms with Crippen molar-refractivity contribution in [3.63, 3.8) is 0 Å². The van der Waals surface area contributed by atoms with Crippen molar-refractivity contribution in [1.82, 2.24) is 20.3 Å². The van der Waals surface area contributed by atoms with Gasteiger partial charge >= 0.3 is 0 Å². The lowest BCUT2D eigenvalue weighted by Crippen LogP contribution is -2.24. The van der Waals surface area contributed by atoms with Crippen LogP contribution in [-0.4, -0.2) is 15.0 Å². The van der Waals surface area contributed by atoms with E-state index in [1.165, 1.54) is 16.8 Å². The highest BCUT2D eigenvalue weighted by Gasteiger charge is 2.18. The standard InChI is InChI=1S/C28H32N4/c1-28(2,3)18-24-20-31-27(32-24)26(30-19-22-9-5-4-6-10-22)17-21-12-14-23(15-13-21)25-11-7-8-16-29-25/h4-16,20,26,30H,17-19H2,1-3H3,(H,31,32). The third-order valence-electron chi connectivity index (χ3n) is 5.45. The fourth-order valence-corrected chi connectivity index (χ4v) is 3.90. The minimum absolute atomic E-state index is 0.102. The first-order valence-electron chi connectivity index (χ1n) is 11.3. The number of nitrogens with one attached hydrogen (secondary N) is 2. The number of rotatable bonds is 8. The molecule has 1 unspecified atom stereocenters. The third-order valence-corrected chi connectivity index (χ3v) is 5.45. The van der Waals surface area contributed by atoms with Crippen LogP contribution in [0.4, 0.5) is 0 Å². The van der Waals surface area contributed by atoms with Gasteiger partial charge in [-0.1, -0.05) is 81.4 Å². The largest absolute Gasteiger partial charge is 0.345 e. The van der Waals surface area contributed by atoms with Crippen molar-refractivity contribution in [3.8, 4) is 11.3 Å². The maximum absolute atomic E-state index is 4.75. The van der Waals surface area contributed by atoms with Gasteiger partial charge < -0.3 is 10.3 Å². The minimum atomic E-state index is 0.102. The molecule has 0 saturated carbocycles. The third kappa shape index (κ3) is 6.14. The van der Waals surface area contributed by atoms with Gasteiger partial charge in [-0.3, -0.25) is 4.98 Å². The SMILES string of the molecule is CC(C)(C)Cc1cnc(C(Cc2ccc(-c3ccccn3)cc2)NCc2ccccc2)[nH]1. The zero-order chi connectivity index (χ0) is 22.4. The van der Waals surface area contributed by atoms with Gasteiger partial charge in [-0.2, -0.15) is 0 Å². The van der Waals surface area contributed by atoms with E-state index in [-0.39, 0.29) is 11.5 Å². The first-order chi connectivity index (χ1) is 15.5. The van der Waals surface area contributed by atoms with E-state index in [4.69, 9.17) is 4.98 Å². The van der Waals surface area contributed by atoms with Gasteiger partial charge in [0.15, 0.2) is 0 Å². The van der Waals surface area contributed by atoms with E-state index >= 15 is 0 Å². The number of H-pyrrole nitrogens is 1. The molecule has 2 N–H and O–H groups in total. The van der Waals surface area contributed by atoms with Crippen molar-refractivity contribution < 1.29 is 0 Å². The Morgan fingerprint density at radius 1 is 0.844 bits per heavy atom. The highest BCUT2D eigenvalue weighted by molar-refractivity contribution is 5.59. The number of nitrogens with zero attached hydrogens (tertiary/aromatic N) is 2. The summed E-state index contributed by atoms with van der Waals surface area (Å²) >= 11 is 0. The van der Waals surface area contributed by atoms with Crippen molar-refractivity contribution >= 4 is 0 Å². The van der Waals surface area contributed by atoms with Crippen LogP contribution < -0.4 is 5.32 Å². The fraction of sp³-hybridized carbons (Fsp3) is 0.286. The number of imidazole rings is 1. The molecule has 0 aliphatic heterocycles. The van der Waals surface area contributed by atoms with Crippen molar-refractivity contribution in [3.05, 3.63) is 108 Å². The fourth-order valence-electron chi connectivity index (χ4n) is 3.90. The first-order valence-corrected chi connectivity index (χ1v) is 11.3. The second kappa shape index (κ2) is 9.92. The van der Waals surface area contributed by atoms with Gasteiger partial charge in [0.25, 0.3) is 0 Å². The molecule has 0 radical (unpaired) electrons. The number of pyridine rings is 1. The lowest BCUT2D eigenvalue weighted by atomic mass is 9.91. The number of hydrogen-bond donors (Lipinski definition) is 2. The van der Waals surface area contributed by atoms with Gasteiger partial charge in [0.1, 0.15) is 5.82 Å². The van der Waals surface area contributed by atoms with Gasteiger partial charge in [-0.15, -0.1) is 0 Å². The number of benzene rings is 2. The molecule has 0 fully saturated rings. The molecular weight excluding hydrogens is 392 g/mol. The lowest BCUT2D eigenvalue weighted by molar-refractivity contribution is 0.406. The molecule has 0 aliphatic rings. The summed E-state index contributed by atoms with van der Waals surface area (Å²) in [6, 6.07) is 25.3. The van der Waals surface area contributed by atoms with Crippen LogP contribution in [0, 0.1) is 5.41 Å². The molecule has 32 heavy (non-hydrogen) atoms. The Bertz CT molecular complexity index is 1090. The van der Waals surface area contributed by atoms with Gasteiger partial charge in [-0.05, 0) is 41.5 Å². The molecule has 4 rings (SSSR count).